The van der Waals surface area contributed by atoms with Crippen molar-refractivity contribution in [1.82, 2.24) is 15.5 Å². The summed E-state index contributed by atoms with van der Waals surface area (Å²) in [6.07, 6.45) is 11.0. The van der Waals surface area contributed by atoms with E-state index in [-0.39, 0.29) is 0 Å². The third-order valence-corrected chi connectivity index (χ3v) is 6.17. The van der Waals surface area contributed by atoms with Crippen LogP contribution >= 0.6 is 0 Å². The number of rotatable bonds is 10. The highest BCUT2D eigenvalue weighted by Crippen LogP contribution is 2.14. The first-order valence-corrected chi connectivity index (χ1v) is 14.2. The number of hydrogen-bond donors (Lipinski definition) is 2. The SMILES string of the molecule is C=C(/C=c1/c(NCc2cccc(C#N)c2C)nnc(C)/c1=C/C)NC.CC(C)C.CCCCCC(C)CC. The summed E-state index contributed by atoms with van der Waals surface area (Å²) < 4.78 is 0. The van der Waals surface area contributed by atoms with Crippen LogP contribution in [-0.4, -0.2) is 17.2 Å². The summed E-state index contributed by atoms with van der Waals surface area (Å²) in [5.41, 5.74) is 4.38. The Morgan fingerprint density at radius 3 is 2.26 bits per heavy atom. The standard InChI is InChI=1S/C20H23N5.C9H20.C4H10/c1-6-18-15(4)24-25-20(19(18)10-13(2)22-5)23-12-17-9-7-8-16(11-21)14(17)3;1-4-6-7-8-9(3)5-2;1-4(2)3/h6-10,22H,2,12H2,1,3-5H3,(H,23,25);9H,4-8H2,1-3H3;4H,1-3H3/b18-6-,19-10+;;. The Kier molecular flexibility index (Phi) is 18.3. The van der Waals surface area contributed by atoms with Crippen LogP contribution in [0, 0.1) is 37.0 Å². The average Bonchev–Trinajstić information content (AvgIpc) is 2.89. The van der Waals surface area contributed by atoms with Gasteiger partial charge in [0.25, 0.3) is 0 Å². The first-order valence-electron chi connectivity index (χ1n) is 14.2. The molecule has 0 aliphatic carbocycles. The zero-order valence-electron chi connectivity index (χ0n) is 25.8. The van der Waals surface area contributed by atoms with E-state index >= 15 is 0 Å². The third-order valence-electron chi connectivity index (χ3n) is 6.17. The van der Waals surface area contributed by atoms with Crippen molar-refractivity contribution in [2.75, 3.05) is 12.4 Å². The Hall–Kier alpha value is -3.13. The number of benzene rings is 1. The molecule has 0 aliphatic rings. The molecule has 1 aromatic heterocycles. The predicted molar refractivity (Wildman–Crippen MR) is 166 cm³/mol. The number of aryl methyl sites for hydroxylation is 1. The summed E-state index contributed by atoms with van der Waals surface area (Å²) in [5, 5.41) is 26.1. The number of allylic oxidation sites excluding steroid dienone is 1. The molecule has 0 saturated carbocycles. The van der Waals surface area contributed by atoms with Crippen molar-refractivity contribution in [3.8, 4) is 6.07 Å². The molecule has 5 nitrogen and oxygen atoms in total. The summed E-state index contributed by atoms with van der Waals surface area (Å²) in [5.74, 6) is 2.48. The minimum atomic E-state index is 0.565. The molecule has 1 unspecified atom stereocenters. The van der Waals surface area contributed by atoms with Gasteiger partial charge in [-0.3, -0.25) is 0 Å². The molecule has 5 heteroatoms. The van der Waals surface area contributed by atoms with Gasteiger partial charge in [-0.1, -0.05) is 98.4 Å². The van der Waals surface area contributed by atoms with Crippen molar-refractivity contribution in [2.24, 2.45) is 11.8 Å². The van der Waals surface area contributed by atoms with Crippen LogP contribution in [-0.2, 0) is 6.54 Å². The van der Waals surface area contributed by atoms with E-state index in [1.54, 1.807) is 0 Å². The molecule has 2 N–H and O–H groups in total. The second-order valence-corrected chi connectivity index (χ2v) is 10.5. The molecule has 0 amide bonds. The summed E-state index contributed by atoms with van der Waals surface area (Å²) in [6.45, 7) is 23.8. The van der Waals surface area contributed by atoms with Gasteiger partial charge in [-0.05, 0) is 55.9 Å². The number of aromatic nitrogens is 2. The van der Waals surface area contributed by atoms with E-state index in [1.165, 1.54) is 32.1 Å². The molecule has 0 spiro atoms. The molecule has 38 heavy (non-hydrogen) atoms. The Labute approximate surface area is 233 Å². The van der Waals surface area contributed by atoms with Crippen LogP contribution < -0.4 is 21.1 Å². The number of hydrogen-bond acceptors (Lipinski definition) is 5. The van der Waals surface area contributed by atoms with Gasteiger partial charge in [-0.25, -0.2) is 0 Å². The van der Waals surface area contributed by atoms with Gasteiger partial charge >= 0.3 is 0 Å². The van der Waals surface area contributed by atoms with Gasteiger partial charge in [0.05, 0.1) is 17.3 Å². The maximum atomic E-state index is 9.18. The molecule has 1 heterocycles. The monoisotopic (exact) mass is 519 g/mol. The van der Waals surface area contributed by atoms with Crippen LogP contribution in [0.2, 0.25) is 0 Å². The van der Waals surface area contributed by atoms with E-state index in [1.807, 2.05) is 58.2 Å². The topological polar surface area (TPSA) is 73.6 Å². The Morgan fingerprint density at radius 2 is 1.74 bits per heavy atom. The molecule has 0 saturated heterocycles. The van der Waals surface area contributed by atoms with Gasteiger partial charge in [0.2, 0.25) is 0 Å². The summed E-state index contributed by atoms with van der Waals surface area (Å²) in [7, 11) is 1.83. The minimum absolute atomic E-state index is 0.565. The zero-order chi connectivity index (χ0) is 29.1. The van der Waals surface area contributed by atoms with Crippen LogP contribution in [0.5, 0.6) is 0 Å². The van der Waals surface area contributed by atoms with E-state index in [4.69, 9.17) is 0 Å². The molecule has 2 aromatic rings. The second-order valence-electron chi connectivity index (χ2n) is 10.5. The Morgan fingerprint density at radius 1 is 1.08 bits per heavy atom. The van der Waals surface area contributed by atoms with E-state index < -0.39 is 0 Å². The van der Waals surface area contributed by atoms with Crippen molar-refractivity contribution >= 4 is 18.0 Å². The maximum Gasteiger partial charge on any atom is 0.156 e. The molecule has 2 rings (SSSR count). The lowest BCUT2D eigenvalue weighted by molar-refractivity contribution is 0.482. The van der Waals surface area contributed by atoms with Crippen LogP contribution in [0.3, 0.4) is 0 Å². The number of nitrogens with zero attached hydrogens (tertiary/aromatic N) is 3. The minimum Gasteiger partial charge on any atom is -0.389 e. The average molecular weight is 520 g/mol. The highest BCUT2D eigenvalue weighted by Gasteiger charge is 2.07. The smallest absolute Gasteiger partial charge is 0.156 e. The van der Waals surface area contributed by atoms with Crippen molar-refractivity contribution in [3.05, 3.63) is 63.3 Å². The van der Waals surface area contributed by atoms with Gasteiger partial charge in [0, 0.05) is 29.7 Å². The highest BCUT2D eigenvalue weighted by atomic mass is 15.2. The molecule has 210 valence electrons. The number of nitrogens with one attached hydrogen (secondary N) is 2. The van der Waals surface area contributed by atoms with Crippen molar-refractivity contribution in [1.29, 1.82) is 5.26 Å². The molecular formula is C33H53N5. The Balaban J connectivity index is 0.000000875. The highest BCUT2D eigenvalue weighted by molar-refractivity contribution is 5.53. The van der Waals surface area contributed by atoms with Gasteiger partial charge < -0.3 is 10.6 Å². The first kappa shape index (κ1) is 34.9. The third kappa shape index (κ3) is 13.4. The quantitative estimate of drug-likeness (QED) is 0.326. The first-order chi connectivity index (χ1) is 18.1. The summed E-state index contributed by atoms with van der Waals surface area (Å²) in [4.78, 5) is 0. The van der Waals surface area contributed by atoms with Crippen molar-refractivity contribution in [2.45, 2.75) is 101 Å². The fourth-order valence-corrected chi connectivity index (χ4v) is 3.56. The Bertz CT molecular complexity index is 1120. The normalized spacial score (nSPS) is 12.1. The van der Waals surface area contributed by atoms with Gasteiger partial charge in [-0.2, -0.15) is 10.4 Å². The van der Waals surface area contributed by atoms with E-state index in [9.17, 15) is 5.26 Å². The fraction of sp³-hybridized carbons (Fsp3) is 0.545. The van der Waals surface area contributed by atoms with Crippen LogP contribution in [0.25, 0.3) is 12.2 Å². The van der Waals surface area contributed by atoms with Gasteiger partial charge in [-0.15, -0.1) is 5.10 Å². The summed E-state index contributed by atoms with van der Waals surface area (Å²) >= 11 is 0. The fourth-order valence-electron chi connectivity index (χ4n) is 3.56. The number of nitriles is 1. The number of anilines is 1. The van der Waals surface area contributed by atoms with Crippen LogP contribution in [0.15, 0.2) is 30.5 Å². The molecule has 0 radical (unpaired) electrons. The van der Waals surface area contributed by atoms with Crippen LogP contribution in [0.1, 0.15) is 103 Å². The molecule has 0 aliphatic heterocycles. The molecule has 1 aromatic carbocycles. The zero-order valence-corrected chi connectivity index (χ0v) is 25.8. The maximum absolute atomic E-state index is 9.18. The summed E-state index contributed by atoms with van der Waals surface area (Å²) in [6, 6.07) is 7.94. The van der Waals surface area contributed by atoms with E-state index in [0.29, 0.717) is 17.9 Å². The van der Waals surface area contributed by atoms with Gasteiger partial charge in [0.15, 0.2) is 5.82 Å². The molecule has 0 fully saturated rings. The van der Waals surface area contributed by atoms with Crippen molar-refractivity contribution in [3.63, 3.8) is 0 Å². The lowest BCUT2D eigenvalue weighted by atomic mass is 10.0. The van der Waals surface area contributed by atoms with Crippen LogP contribution in [0.4, 0.5) is 5.82 Å². The molecular weight excluding hydrogens is 466 g/mol. The van der Waals surface area contributed by atoms with E-state index in [0.717, 1.165) is 44.8 Å². The van der Waals surface area contributed by atoms with E-state index in [2.05, 4.69) is 75.0 Å². The predicted octanol–water partition coefficient (Wildman–Crippen LogP) is 7.17. The number of unbranched alkanes of at least 4 members (excludes halogenated alkanes) is 2. The van der Waals surface area contributed by atoms with Gasteiger partial charge in [0.1, 0.15) is 0 Å². The molecule has 1 atom stereocenters. The lowest BCUT2D eigenvalue weighted by Crippen LogP contribution is -2.33. The van der Waals surface area contributed by atoms with Crippen molar-refractivity contribution < 1.29 is 0 Å². The lowest BCUT2D eigenvalue weighted by Gasteiger charge is -2.11. The molecule has 0 bridgehead atoms. The second kappa shape index (κ2) is 19.9. The largest absolute Gasteiger partial charge is 0.389 e.